The summed E-state index contributed by atoms with van der Waals surface area (Å²) < 4.78 is 0. The van der Waals surface area contributed by atoms with Gasteiger partial charge in [-0.15, -0.1) is 0 Å². The number of nitrogens with zero attached hydrogens (tertiary/aromatic N) is 2. The molecule has 0 N–H and O–H groups in total. The van der Waals surface area contributed by atoms with Crippen molar-refractivity contribution in [3.8, 4) is 0 Å². The summed E-state index contributed by atoms with van der Waals surface area (Å²) in [5, 5.41) is 0. The molecule has 0 radical (unpaired) electrons. The molecule has 2 nitrogen and oxygen atoms in total. The quantitative estimate of drug-likeness (QED) is 0.591. The fraction of sp³-hybridized carbons (Fsp3) is 0.667. The van der Waals surface area contributed by atoms with Crippen LogP contribution in [0.4, 0.5) is 0 Å². The molecule has 0 spiro atoms. The number of rotatable bonds is 2. The Bertz CT molecular complexity index is 182. The molecule has 0 saturated heterocycles. The Morgan fingerprint density at radius 2 is 2.45 bits per heavy atom. The highest BCUT2D eigenvalue weighted by Gasteiger charge is 2.08. The second-order valence-corrected chi connectivity index (χ2v) is 3.00. The highest BCUT2D eigenvalue weighted by molar-refractivity contribution is 5.86. The molecule has 1 aliphatic heterocycles. The molecule has 0 saturated carbocycles. The van der Waals surface area contributed by atoms with E-state index in [-0.39, 0.29) is 0 Å². The Kier molecular flexibility index (Phi) is 2.69. The summed E-state index contributed by atoms with van der Waals surface area (Å²) in [4.78, 5) is 6.64. The molecule has 1 aliphatic rings. The summed E-state index contributed by atoms with van der Waals surface area (Å²) in [5.41, 5.74) is 0. The Labute approximate surface area is 68.6 Å². The van der Waals surface area contributed by atoms with Crippen LogP contribution in [0, 0.1) is 0 Å². The van der Waals surface area contributed by atoms with Crippen molar-refractivity contribution in [2.45, 2.75) is 32.7 Å². The number of aliphatic imine (C=N–C) groups is 1. The maximum Gasteiger partial charge on any atom is 0.107 e. The third-order valence-electron chi connectivity index (χ3n) is 2.00. The molecule has 0 aromatic rings. The normalized spacial score (nSPS) is 23.2. The summed E-state index contributed by atoms with van der Waals surface area (Å²) in [6, 6.07) is 0.465. The molecule has 0 fully saturated rings. The van der Waals surface area contributed by atoms with Gasteiger partial charge in [-0.1, -0.05) is 13.0 Å². The monoisotopic (exact) mass is 152 g/mol. The lowest BCUT2D eigenvalue weighted by molar-refractivity contribution is 0.653. The van der Waals surface area contributed by atoms with E-state index < -0.39 is 0 Å². The van der Waals surface area contributed by atoms with Crippen LogP contribution < -0.4 is 0 Å². The third-order valence-corrected chi connectivity index (χ3v) is 2.00. The molecule has 2 heteroatoms. The van der Waals surface area contributed by atoms with Crippen LogP contribution in [0.25, 0.3) is 0 Å². The van der Waals surface area contributed by atoms with Crippen LogP contribution in [0.5, 0.6) is 0 Å². The van der Waals surface area contributed by atoms with Crippen LogP contribution in [0.1, 0.15) is 26.7 Å². The summed E-state index contributed by atoms with van der Waals surface area (Å²) in [6.45, 7) is 4.32. The second kappa shape index (κ2) is 3.56. The van der Waals surface area contributed by atoms with Crippen molar-refractivity contribution >= 4 is 5.84 Å². The highest BCUT2D eigenvalue weighted by atomic mass is 15.2. The Morgan fingerprint density at radius 1 is 1.73 bits per heavy atom. The van der Waals surface area contributed by atoms with Crippen molar-refractivity contribution < 1.29 is 0 Å². The van der Waals surface area contributed by atoms with Gasteiger partial charge in [0.2, 0.25) is 0 Å². The zero-order chi connectivity index (χ0) is 8.27. The SMILES string of the molecule is CCC(C)/N=C1/CC=CN1C. The summed E-state index contributed by atoms with van der Waals surface area (Å²) in [5.74, 6) is 1.19. The number of amidine groups is 1. The molecule has 0 aromatic heterocycles. The molecule has 1 atom stereocenters. The Hall–Kier alpha value is -0.790. The smallest absolute Gasteiger partial charge is 0.107 e. The minimum Gasteiger partial charge on any atom is -0.340 e. The predicted octanol–water partition coefficient (Wildman–Crippen LogP) is 2.03. The predicted molar refractivity (Wildman–Crippen MR) is 48.7 cm³/mol. The van der Waals surface area contributed by atoms with Gasteiger partial charge < -0.3 is 4.90 Å². The van der Waals surface area contributed by atoms with E-state index >= 15 is 0 Å². The van der Waals surface area contributed by atoms with E-state index in [1.165, 1.54) is 5.84 Å². The lowest BCUT2D eigenvalue weighted by Crippen LogP contribution is -2.17. The summed E-state index contributed by atoms with van der Waals surface area (Å²) >= 11 is 0. The lowest BCUT2D eigenvalue weighted by atomic mass is 10.3. The minimum atomic E-state index is 0.465. The first-order valence-corrected chi connectivity index (χ1v) is 4.20. The maximum absolute atomic E-state index is 4.56. The fourth-order valence-corrected chi connectivity index (χ4v) is 1.04. The zero-order valence-electron chi connectivity index (χ0n) is 7.54. The van der Waals surface area contributed by atoms with Gasteiger partial charge in [0.25, 0.3) is 0 Å². The van der Waals surface area contributed by atoms with Gasteiger partial charge in [-0.2, -0.15) is 0 Å². The molecule has 0 amide bonds. The van der Waals surface area contributed by atoms with Crippen molar-refractivity contribution in [3.05, 3.63) is 12.3 Å². The summed E-state index contributed by atoms with van der Waals surface area (Å²) in [7, 11) is 2.05. The average Bonchev–Trinajstić information content (AvgIpc) is 2.37. The molecule has 1 rings (SSSR count). The van der Waals surface area contributed by atoms with Crippen LogP contribution in [-0.4, -0.2) is 23.8 Å². The van der Waals surface area contributed by atoms with Crippen LogP contribution >= 0.6 is 0 Å². The van der Waals surface area contributed by atoms with Gasteiger partial charge in [-0.05, 0) is 13.3 Å². The van der Waals surface area contributed by atoms with Gasteiger partial charge >= 0.3 is 0 Å². The molecule has 0 aliphatic carbocycles. The van der Waals surface area contributed by atoms with E-state index in [1.807, 2.05) is 7.05 Å². The maximum atomic E-state index is 4.56. The third kappa shape index (κ3) is 2.07. The van der Waals surface area contributed by atoms with Gasteiger partial charge in [-0.3, -0.25) is 4.99 Å². The standard InChI is InChI=1S/C9H16N2/c1-4-8(2)10-9-6-5-7-11(9)3/h5,7-8H,4,6H2,1-3H3/b10-9-. The minimum absolute atomic E-state index is 0.465. The first-order chi connectivity index (χ1) is 5.24. The largest absolute Gasteiger partial charge is 0.340 e. The molecule has 11 heavy (non-hydrogen) atoms. The van der Waals surface area contributed by atoms with Crippen molar-refractivity contribution in [1.82, 2.24) is 4.90 Å². The van der Waals surface area contributed by atoms with E-state index in [0.717, 1.165) is 12.8 Å². The lowest BCUT2D eigenvalue weighted by Gasteiger charge is -2.12. The topological polar surface area (TPSA) is 15.6 Å². The molecule has 0 aromatic carbocycles. The molecular weight excluding hydrogens is 136 g/mol. The van der Waals surface area contributed by atoms with E-state index in [9.17, 15) is 0 Å². The van der Waals surface area contributed by atoms with Crippen LogP contribution in [0.2, 0.25) is 0 Å². The molecular formula is C9H16N2. The van der Waals surface area contributed by atoms with Crippen molar-refractivity contribution in [2.75, 3.05) is 7.05 Å². The van der Waals surface area contributed by atoms with Crippen molar-refractivity contribution in [3.63, 3.8) is 0 Å². The first-order valence-electron chi connectivity index (χ1n) is 4.20. The van der Waals surface area contributed by atoms with Crippen LogP contribution in [-0.2, 0) is 0 Å². The van der Waals surface area contributed by atoms with Gasteiger partial charge in [0.05, 0.1) is 0 Å². The first kappa shape index (κ1) is 8.31. The average molecular weight is 152 g/mol. The van der Waals surface area contributed by atoms with Crippen molar-refractivity contribution in [2.24, 2.45) is 4.99 Å². The van der Waals surface area contributed by atoms with E-state index in [4.69, 9.17) is 0 Å². The Balaban J connectivity index is 2.53. The molecule has 1 unspecified atom stereocenters. The number of hydrogen-bond acceptors (Lipinski definition) is 1. The van der Waals surface area contributed by atoms with Gasteiger partial charge in [0.15, 0.2) is 0 Å². The van der Waals surface area contributed by atoms with E-state index in [0.29, 0.717) is 6.04 Å². The van der Waals surface area contributed by atoms with Crippen LogP contribution in [0.3, 0.4) is 0 Å². The fourth-order valence-electron chi connectivity index (χ4n) is 1.04. The van der Waals surface area contributed by atoms with Crippen molar-refractivity contribution in [1.29, 1.82) is 0 Å². The van der Waals surface area contributed by atoms with Crippen LogP contribution in [0.15, 0.2) is 17.3 Å². The molecule has 1 heterocycles. The number of hydrogen-bond donors (Lipinski definition) is 0. The highest BCUT2D eigenvalue weighted by Crippen LogP contribution is 2.08. The van der Waals surface area contributed by atoms with E-state index in [2.05, 4.69) is 36.0 Å². The second-order valence-electron chi connectivity index (χ2n) is 3.00. The molecule has 0 bridgehead atoms. The van der Waals surface area contributed by atoms with E-state index in [1.54, 1.807) is 0 Å². The summed E-state index contributed by atoms with van der Waals surface area (Å²) in [6.07, 6.45) is 6.33. The van der Waals surface area contributed by atoms with Gasteiger partial charge in [0.1, 0.15) is 5.84 Å². The van der Waals surface area contributed by atoms with Gasteiger partial charge in [0, 0.05) is 25.7 Å². The van der Waals surface area contributed by atoms with Gasteiger partial charge in [-0.25, -0.2) is 0 Å². The zero-order valence-corrected chi connectivity index (χ0v) is 7.54. The molecule has 62 valence electrons. The Morgan fingerprint density at radius 3 is 2.91 bits per heavy atom.